The van der Waals surface area contributed by atoms with E-state index in [1.807, 2.05) is 52.0 Å². The molecular weight excluding hydrogens is 392 g/mol. The summed E-state index contributed by atoms with van der Waals surface area (Å²) in [7, 11) is 0. The Morgan fingerprint density at radius 1 is 0.806 bits per heavy atom. The molecule has 0 fully saturated rings. The van der Waals surface area contributed by atoms with Gasteiger partial charge in [0.15, 0.2) is 11.5 Å². The van der Waals surface area contributed by atoms with Gasteiger partial charge in [0, 0.05) is 5.56 Å². The third-order valence-corrected chi connectivity index (χ3v) is 4.66. The largest absolute Gasteiger partial charge is 0.490 e. The third-order valence-electron chi connectivity index (χ3n) is 4.66. The number of carbonyl (C=O) groups is 1. The molecule has 0 aliphatic rings. The number of carbonyl (C=O) groups excluding carboxylic acids is 1. The van der Waals surface area contributed by atoms with Crippen molar-refractivity contribution in [2.75, 3.05) is 19.8 Å². The maximum atomic E-state index is 12.8. The summed E-state index contributed by atoms with van der Waals surface area (Å²) in [6, 6.07) is 17.5. The van der Waals surface area contributed by atoms with E-state index < -0.39 is 0 Å². The van der Waals surface area contributed by atoms with Gasteiger partial charge in [0.2, 0.25) is 5.75 Å². The van der Waals surface area contributed by atoms with Crippen molar-refractivity contribution in [3.63, 3.8) is 0 Å². The molecule has 0 aliphatic heterocycles. The monoisotopic (exact) mass is 420 g/mol. The molecule has 0 bridgehead atoms. The van der Waals surface area contributed by atoms with E-state index in [0.29, 0.717) is 48.3 Å². The van der Waals surface area contributed by atoms with Crippen LogP contribution in [-0.4, -0.2) is 31.4 Å². The molecule has 6 heteroatoms. The number of fused-ring (bicyclic) bond motifs is 1. The lowest BCUT2D eigenvalue weighted by atomic mass is 10.0. The molecule has 0 aromatic heterocycles. The van der Waals surface area contributed by atoms with E-state index in [4.69, 9.17) is 14.2 Å². The van der Waals surface area contributed by atoms with E-state index >= 15 is 0 Å². The number of ether oxygens (including phenoxy) is 3. The molecule has 3 aromatic rings. The van der Waals surface area contributed by atoms with Gasteiger partial charge < -0.3 is 14.2 Å². The SMILES string of the molecule is CCOc1cc(C(=O)N/N=C(\C)c2ccc3ccccc3c2)cc(OCC)c1OCC. The lowest BCUT2D eigenvalue weighted by Crippen LogP contribution is -2.20. The van der Waals surface area contributed by atoms with Crippen LogP contribution in [0, 0.1) is 0 Å². The lowest BCUT2D eigenvalue weighted by molar-refractivity contribution is 0.0953. The Hall–Kier alpha value is -3.54. The number of rotatable bonds is 9. The molecule has 0 unspecified atom stereocenters. The van der Waals surface area contributed by atoms with E-state index in [-0.39, 0.29) is 5.91 Å². The second-order valence-electron chi connectivity index (χ2n) is 6.80. The highest BCUT2D eigenvalue weighted by atomic mass is 16.5. The highest BCUT2D eigenvalue weighted by Crippen LogP contribution is 2.39. The van der Waals surface area contributed by atoms with Crippen molar-refractivity contribution >= 4 is 22.4 Å². The molecule has 0 atom stereocenters. The van der Waals surface area contributed by atoms with Crippen LogP contribution in [0.3, 0.4) is 0 Å². The van der Waals surface area contributed by atoms with Crippen LogP contribution in [0.2, 0.25) is 0 Å². The normalized spacial score (nSPS) is 11.3. The molecule has 0 saturated carbocycles. The second-order valence-corrected chi connectivity index (χ2v) is 6.80. The number of hydrogen-bond acceptors (Lipinski definition) is 5. The maximum Gasteiger partial charge on any atom is 0.271 e. The number of amides is 1. The molecule has 0 heterocycles. The van der Waals surface area contributed by atoms with Gasteiger partial charge in [0.25, 0.3) is 5.91 Å². The predicted molar refractivity (Wildman–Crippen MR) is 124 cm³/mol. The Morgan fingerprint density at radius 3 is 2.03 bits per heavy atom. The van der Waals surface area contributed by atoms with Gasteiger partial charge in [0.05, 0.1) is 25.5 Å². The lowest BCUT2D eigenvalue weighted by Gasteiger charge is -2.16. The molecule has 162 valence electrons. The number of hydrogen-bond donors (Lipinski definition) is 1. The van der Waals surface area contributed by atoms with Crippen LogP contribution in [0.5, 0.6) is 17.2 Å². The van der Waals surface area contributed by atoms with Gasteiger partial charge in [-0.05, 0) is 62.2 Å². The molecule has 0 spiro atoms. The van der Waals surface area contributed by atoms with Gasteiger partial charge in [-0.15, -0.1) is 0 Å². The van der Waals surface area contributed by atoms with Gasteiger partial charge in [-0.2, -0.15) is 5.10 Å². The summed E-state index contributed by atoms with van der Waals surface area (Å²) in [6.45, 7) is 8.84. The van der Waals surface area contributed by atoms with Crippen LogP contribution in [0.1, 0.15) is 43.6 Å². The number of benzene rings is 3. The van der Waals surface area contributed by atoms with Crippen LogP contribution in [0.4, 0.5) is 0 Å². The third kappa shape index (κ3) is 5.34. The zero-order valence-electron chi connectivity index (χ0n) is 18.4. The summed E-state index contributed by atoms with van der Waals surface area (Å²) in [5, 5.41) is 6.57. The Kier molecular flexibility index (Phi) is 7.49. The minimum absolute atomic E-state index is 0.356. The average Bonchev–Trinajstić information content (AvgIpc) is 2.79. The topological polar surface area (TPSA) is 69.2 Å². The van der Waals surface area contributed by atoms with E-state index in [0.717, 1.165) is 16.3 Å². The van der Waals surface area contributed by atoms with Crippen molar-refractivity contribution in [1.82, 2.24) is 5.43 Å². The van der Waals surface area contributed by atoms with Gasteiger partial charge >= 0.3 is 0 Å². The Bertz CT molecular complexity index is 1060. The first-order valence-corrected chi connectivity index (χ1v) is 10.5. The van der Waals surface area contributed by atoms with E-state index in [1.165, 1.54) is 0 Å². The van der Waals surface area contributed by atoms with Crippen LogP contribution in [-0.2, 0) is 0 Å². The summed E-state index contributed by atoms with van der Waals surface area (Å²) in [4.78, 5) is 12.8. The minimum atomic E-state index is -0.356. The Labute approximate surface area is 182 Å². The van der Waals surface area contributed by atoms with Gasteiger partial charge in [0.1, 0.15) is 0 Å². The molecule has 0 radical (unpaired) electrons. The summed E-state index contributed by atoms with van der Waals surface area (Å²) in [5.74, 6) is 1.08. The Morgan fingerprint density at radius 2 is 1.42 bits per heavy atom. The van der Waals surface area contributed by atoms with Crippen LogP contribution < -0.4 is 19.6 Å². The molecule has 0 saturated heterocycles. The molecule has 3 rings (SSSR count). The van der Waals surface area contributed by atoms with E-state index in [1.54, 1.807) is 12.1 Å². The molecule has 3 aromatic carbocycles. The maximum absolute atomic E-state index is 12.8. The molecular formula is C25H28N2O4. The van der Waals surface area contributed by atoms with Crippen molar-refractivity contribution in [2.45, 2.75) is 27.7 Å². The molecule has 0 aliphatic carbocycles. The summed E-state index contributed by atoms with van der Waals surface area (Å²) < 4.78 is 17.1. The number of hydrazone groups is 1. The van der Waals surface area contributed by atoms with Crippen molar-refractivity contribution in [3.8, 4) is 17.2 Å². The van der Waals surface area contributed by atoms with Crippen LogP contribution >= 0.6 is 0 Å². The fourth-order valence-corrected chi connectivity index (χ4v) is 3.20. The van der Waals surface area contributed by atoms with Crippen molar-refractivity contribution in [2.24, 2.45) is 5.10 Å². The highest BCUT2D eigenvalue weighted by Gasteiger charge is 2.18. The first kappa shape index (κ1) is 22.2. The number of nitrogens with zero attached hydrogens (tertiary/aromatic N) is 1. The van der Waals surface area contributed by atoms with Crippen LogP contribution in [0.25, 0.3) is 10.8 Å². The standard InChI is InChI=1S/C25H28N2O4/c1-5-29-22-15-21(16-23(30-6-2)24(22)31-7-3)25(28)27-26-17(4)19-13-12-18-10-8-9-11-20(18)14-19/h8-16H,5-7H2,1-4H3,(H,27,28)/b26-17+. The average molecular weight is 421 g/mol. The molecule has 1 N–H and O–H groups in total. The first-order valence-electron chi connectivity index (χ1n) is 10.5. The Balaban J connectivity index is 1.85. The number of nitrogens with one attached hydrogen (secondary N) is 1. The van der Waals surface area contributed by atoms with Crippen LogP contribution in [0.15, 0.2) is 59.7 Å². The molecule has 6 nitrogen and oxygen atoms in total. The second kappa shape index (κ2) is 10.5. The fourth-order valence-electron chi connectivity index (χ4n) is 3.20. The van der Waals surface area contributed by atoms with E-state index in [9.17, 15) is 4.79 Å². The van der Waals surface area contributed by atoms with Crippen molar-refractivity contribution < 1.29 is 19.0 Å². The smallest absolute Gasteiger partial charge is 0.271 e. The van der Waals surface area contributed by atoms with Gasteiger partial charge in [-0.3, -0.25) is 4.79 Å². The van der Waals surface area contributed by atoms with Crippen molar-refractivity contribution in [1.29, 1.82) is 0 Å². The predicted octanol–water partition coefficient (Wildman–Crippen LogP) is 5.19. The zero-order chi connectivity index (χ0) is 22.2. The first-order chi connectivity index (χ1) is 15.1. The minimum Gasteiger partial charge on any atom is -0.490 e. The van der Waals surface area contributed by atoms with E-state index in [2.05, 4.69) is 28.7 Å². The fraction of sp³-hybridized carbons (Fsp3) is 0.280. The molecule has 1 amide bonds. The van der Waals surface area contributed by atoms with Gasteiger partial charge in [-0.1, -0.05) is 36.4 Å². The highest BCUT2D eigenvalue weighted by molar-refractivity contribution is 6.03. The summed E-state index contributed by atoms with van der Waals surface area (Å²) >= 11 is 0. The summed E-state index contributed by atoms with van der Waals surface area (Å²) in [5.41, 5.74) is 4.66. The summed E-state index contributed by atoms with van der Waals surface area (Å²) in [6.07, 6.45) is 0. The quantitative estimate of drug-likeness (QED) is 0.382. The van der Waals surface area contributed by atoms with Gasteiger partial charge in [-0.25, -0.2) is 5.43 Å². The molecule has 31 heavy (non-hydrogen) atoms. The van der Waals surface area contributed by atoms with Crippen molar-refractivity contribution in [3.05, 3.63) is 65.7 Å². The zero-order valence-corrected chi connectivity index (χ0v) is 18.4.